The van der Waals surface area contributed by atoms with E-state index in [9.17, 15) is 0 Å². The first-order valence-electron chi connectivity index (χ1n) is 10.0. The molecule has 1 N–H and O–H groups in total. The van der Waals surface area contributed by atoms with Crippen molar-refractivity contribution in [1.29, 1.82) is 0 Å². The lowest BCUT2D eigenvalue weighted by Gasteiger charge is -2.35. The van der Waals surface area contributed by atoms with Gasteiger partial charge in [0.1, 0.15) is 0 Å². The normalized spacial score (nSPS) is 20.3. The zero-order valence-electron chi connectivity index (χ0n) is 16.8. The summed E-state index contributed by atoms with van der Waals surface area (Å²) in [5.41, 5.74) is 0. The van der Waals surface area contributed by atoms with Crippen LogP contribution in [0.15, 0.2) is 0 Å². The third-order valence-corrected chi connectivity index (χ3v) is 5.99. The number of piperidine rings is 1. The van der Waals surface area contributed by atoms with E-state index in [0.29, 0.717) is 6.04 Å². The third kappa shape index (κ3) is 8.51. The van der Waals surface area contributed by atoms with Crippen molar-refractivity contribution in [2.45, 2.75) is 78.3 Å². The number of likely N-dealkylation sites (tertiary alicyclic amines) is 1. The van der Waals surface area contributed by atoms with Crippen LogP contribution in [0.3, 0.4) is 0 Å². The maximum Gasteiger partial charge on any atom is 0.0106 e. The zero-order valence-corrected chi connectivity index (χ0v) is 16.8. The molecule has 23 heavy (non-hydrogen) atoms. The molecule has 1 aliphatic rings. The van der Waals surface area contributed by atoms with Crippen LogP contribution in [-0.4, -0.2) is 62.2 Å². The standard InChI is InChI=1S/C20H43N3/c1-17(2)23-14-11-20(12-15-23)10-8-18(3)7-9-19(4)22(6)16-13-21-5/h17-21H,7-16H2,1-6H3. The molecule has 138 valence electrons. The third-order valence-electron chi connectivity index (χ3n) is 5.99. The van der Waals surface area contributed by atoms with Crippen LogP contribution in [0.5, 0.6) is 0 Å². The van der Waals surface area contributed by atoms with E-state index >= 15 is 0 Å². The maximum atomic E-state index is 3.24. The summed E-state index contributed by atoms with van der Waals surface area (Å²) in [6, 6.07) is 1.44. The van der Waals surface area contributed by atoms with Crippen molar-refractivity contribution in [2.24, 2.45) is 11.8 Å². The minimum absolute atomic E-state index is 0.708. The van der Waals surface area contributed by atoms with Crippen LogP contribution < -0.4 is 5.32 Å². The van der Waals surface area contributed by atoms with Crippen LogP contribution in [0.2, 0.25) is 0 Å². The quantitative estimate of drug-likeness (QED) is 0.622. The SMILES string of the molecule is CNCCN(C)C(C)CCC(C)CCC1CCN(C(C)C)CC1. The first-order valence-corrected chi connectivity index (χ1v) is 10.0. The molecule has 0 spiro atoms. The van der Waals surface area contributed by atoms with Gasteiger partial charge in [-0.3, -0.25) is 0 Å². The second-order valence-electron chi connectivity index (χ2n) is 8.27. The summed E-state index contributed by atoms with van der Waals surface area (Å²) in [5.74, 6) is 1.88. The molecule has 0 amide bonds. The molecule has 0 bridgehead atoms. The van der Waals surface area contributed by atoms with Crippen LogP contribution in [0.25, 0.3) is 0 Å². The molecule has 1 fully saturated rings. The van der Waals surface area contributed by atoms with Crippen LogP contribution in [0.1, 0.15) is 66.2 Å². The Labute approximate surface area is 146 Å². The first-order chi connectivity index (χ1) is 10.9. The average Bonchev–Trinajstić information content (AvgIpc) is 2.55. The summed E-state index contributed by atoms with van der Waals surface area (Å²) < 4.78 is 0. The lowest BCUT2D eigenvalue weighted by atomic mass is 9.87. The predicted octanol–water partition coefficient (Wildman–Crippen LogP) is 3.84. The molecule has 0 saturated carbocycles. The first kappa shape index (κ1) is 20.9. The second kappa shape index (κ2) is 11.4. The fourth-order valence-corrected chi connectivity index (χ4v) is 3.68. The predicted molar refractivity (Wildman–Crippen MR) is 103 cm³/mol. The Morgan fingerprint density at radius 1 is 1.04 bits per heavy atom. The average molecular weight is 326 g/mol. The molecule has 1 heterocycles. The van der Waals surface area contributed by atoms with Gasteiger partial charge >= 0.3 is 0 Å². The van der Waals surface area contributed by atoms with Gasteiger partial charge in [-0.15, -0.1) is 0 Å². The maximum absolute atomic E-state index is 3.24. The van der Waals surface area contributed by atoms with Gasteiger partial charge < -0.3 is 15.1 Å². The van der Waals surface area contributed by atoms with E-state index < -0.39 is 0 Å². The molecular weight excluding hydrogens is 282 g/mol. The lowest BCUT2D eigenvalue weighted by molar-refractivity contribution is 0.141. The molecule has 3 nitrogen and oxygen atoms in total. The fraction of sp³-hybridized carbons (Fsp3) is 1.00. The molecule has 2 atom stereocenters. The van der Waals surface area contributed by atoms with Gasteiger partial charge in [-0.1, -0.05) is 19.8 Å². The summed E-state index contributed by atoms with van der Waals surface area (Å²) in [6.45, 7) is 14.4. The largest absolute Gasteiger partial charge is 0.318 e. The molecule has 0 aromatic heterocycles. The van der Waals surface area contributed by atoms with Gasteiger partial charge in [0.25, 0.3) is 0 Å². The van der Waals surface area contributed by atoms with E-state index in [1.807, 2.05) is 7.05 Å². The molecule has 0 aliphatic carbocycles. The fourth-order valence-electron chi connectivity index (χ4n) is 3.68. The van der Waals surface area contributed by atoms with Gasteiger partial charge in [-0.25, -0.2) is 0 Å². The van der Waals surface area contributed by atoms with Crippen LogP contribution in [0.4, 0.5) is 0 Å². The van der Waals surface area contributed by atoms with E-state index in [0.717, 1.165) is 31.0 Å². The van der Waals surface area contributed by atoms with Crippen molar-refractivity contribution in [3.63, 3.8) is 0 Å². The Hall–Kier alpha value is -0.120. The monoisotopic (exact) mass is 325 g/mol. The highest BCUT2D eigenvalue weighted by Crippen LogP contribution is 2.26. The second-order valence-corrected chi connectivity index (χ2v) is 8.27. The number of likely N-dealkylation sites (N-methyl/N-ethyl adjacent to an activating group) is 2. The van der Waals surface area contributed by atoms with Gasteiger partial charge in [0.2, 0.25) is 0 Å². The van der Waals surface area contributed by atoms with Crippen molar-refractivity contribution in [3.8, 4) is 0 Å². The minimum atomic E-state index is 0.708. The van der Waals surface area contributed by atoms with Crippen LogP contribution in [0, 0.1) is 11.8 Å². The summed E-state index contributed by atoms with van der Waals surface area (Å²) in [4.78, 5) is 5.13. The Morgan fingerprint density at radius 2 is 1.70 bits per heavy atom. The molecule has 0 aromatic rings. The molecule has 1 aliphatic heterocycles. The van der Waals surface area contributed by atoms with Crippen LogP contribution in [-0.2, 0) is 0 Å². The number of nitrogens with one attached hydrogen (secondary N) is 1. The number of hydrogen-bond donors (Lipinski definition) is 1. The molecule has 0 radical (unpaired) electrons. The van der Waals surface area contributed by atoms with E-state index in [1.165, 1.54) is 51.6 Å². The lowest BCUT2D eigenvalue weighted by Crippen LogP contribution is -2.38. The Bertz CT molecular complexity index is 285. The van der Waals surface area contributed by atoms with Crippen LogP contribution >= 0.6 is 0 Å². The minimum Gasteiger partial charge on any atom is -0.318 e. The molecule has 2 unspecified atom stereocenters. The molecule has 3 heteroatoms. The highest BCUT2D eigenvalue weighted by molar-refractivity contribution is 4.75. The van der Waals surface area contributed by atoms with E-state index in [2.05, 4.69) is 49.9 Å². The van der Waals surface area contributed by atoms with Gasteiger partial charge in [0, 0.05) is 25.2 Å². The molecule has 1 rings (SSSR count). The summed E-state index contributed by atoms with van der Waals surface area (Å²) in [5, 5.41) is 3.24. The van der Waals surface area contributed by atoms with Gasteiger partial charge in [-0.2, -0.15) is 0 Å². The van der Waals surface area contributed by atoms with E-state index in [4.69, 9.17) is 0 Å². The highest BCUT2D eigenvalue weighted by Gasteiger charge is 2.21. The van der Waals surface area contributed by atoms with Crippen molar-refractivity contribution < 1.29 is 0 Å². The number of nitrogens with zero attached hydrogens (tertiary/aromatic N) is 2. The van der Waals surface area contributed by atoms with Gasteiger partial charge in [-0.05, 0) is 85.5 Å². The van der Waals surface area contributed by atoms with Crippen molar-refractivity contribution >= 4 is 0 Å². The molecule has 1 saturated heterocycles. The summed E-state index contributed by atoms with van der Waals surface area (Å²) in [6.07, 6.45) is 8.46. The Morgan fingerprint density at radius 3 is 2.26 bits per heavy atom. The van der Waals surface area contributed by atoms with Crippen molar-refractivity contribution in [2.75, 3.05) is 40.3 Å². The van der Waals surface area contributed by atoms with E-state index in [-0.39, 0.29) is 0 Å². The van der Waals surface area contributed by atoms with Crippen molar-refractivity contribution in [1.82, 2.24) is 15.1 Å². The molecule has 0 aromatic carbocycles. The van der Waals surface area contributed by atoms with Crippen molar-refractivity contribution in [3.05, 3.63) is 0 Å². The summed E-state index contributed by atoms with van der Waals surface area (Å²) in [7, 11) is 4.29. The Kier molecular flexibility index (Phi) is 10.4. The number of rotatable bonds is 11. The van der Waals surface area contributed by atoms with E-state index in [1.54, 1.807) is 0 Å². The Balaban J connectivity index is 2.11. The number of hydrogen-bond acceptors (Lipinski definition) is 3. The zero-order chi connectivity index (χ0) is 17.2. The molecular formula is C20H43N3. The summed E-state index contributed by atoms with van der Waals surface area (Å²) >= 11 is 0. The topological polar surface area (TPSA) is 18.5 Å². The highest BCUT2D eigenvalue weighted by atomic mass is 15.1. The smallest absolute Gasteiger partial charge is 0.0106 e. The van der Waals surface area contributed by atoms with Gasteiger partial charge in [0.15, 0.2) is 0 Å². The van der Waals surface area contributed by atoms with Gasteiger partial charge in [0.05, 0.1) is 0 Å².